The monoisotopic (exact) mass is 361 g/mol. The van der Waals surface area contributed by atoms with Crippen molar-refractivity contribution in [2.24, 2.45) is 0 Å². The molecule has 1 N–H and O–H groups in total. The molecule has 0 saturated heterocycles. The number of halogens is 3. The lowest BCUT2D eigenvalue weighted by molar-refractivity contribution is -0.138. The van der Waals surface area contributed by atoms with Crippen LogP contribution in [0.15, 0.2) is 40.9 Å². The molecular weight excluding hydrogens is 347 g/mol. The highest BCUT2D eigenvalue weighted by Gasteiger charge is 2.37. The van der Waals surface area contributed by atoms with Crippen LogP contribution in [-0.2, 0) is 6.18 Å². The zero-order valence-corrected chi connectivity index (χ0v) is 13.9. The van der Waals surface area contributed by atoms with E-state index in [2.05, 4.69) is 5.16 Å². The summed E-state index contributed by atoms with van der Waals surface area (Å²) in [5, 5.41) is 14.0. The van der Waals surface area contributed by atoms with E-state index >= 15 is 0 Å². The number of aromatic nitrogens is 1. The molecule has 0 fully saturated rings. The number of aryl methyl sites for hydroxylation is 2. The Kier molecular flexibility index (Phi) is 4.31. The number of hydrogen-bond donors (Lipinski definition) is 1. The second kappa shape index (κ2) is 6.33. The zero-order chi connectivity index (χ0) is 19.1. The Morgan fingerprint density at radius 3 is 2.27 bits per heavy atom. The molecule has 3 aromatic rings. The summed E-state index contributed by atoms with van der Waals surface area (Å²) >= 11 is 0. The van der Waals surface area contributed by atoms with E-state index in [1.807, 2.05) is 0 Å². The number of benzene rings is 2. The van der Waals surface area contributed by atoms with Crippen LogP contribution < -0.4 is 0 Å². The van der Waals surface area contributed by atoms with Crippen molar-refractivity contribution in [1.29, 1.82) is 0 Å². The molecule has 7 heteroatoms. The highest BCUT2D eigenvalue weighted by molar-refractivity contribution is 6.00. The van der Waals surface area contributed by atoms with Crippen molar-refractivity contribution in [1.82, 2.24) is 5.16 Å². The van der Waals surface area contributed by atoms with Crippen LogP contribution in [0.1, 0.15) is 27.4 Å². The largest absolute Gasteiger partial charge is 0.507 e. The van der Waals surface area contributed by atoms with Crippen LogP contribution in [-0.4, -0.2) is 16.5 Å². The summed E-state index contributed by atoms with van der Waals surface area (Å²) in [5.41, 5.74) is -0.143. The summed E-state index contributed by atoms with van der Waals surface area (Å²) in [4.78, 5) is 11.7. The molecule has 0 aliphatic rings. The van der Waals surface area contributed by atoms with Crippen molar-refractivity contribution in [2.75, 3.05) is 0 Å². The highest BCUT2D eigenvalue weighted by atomic mass is 19.4. The molecule has 1 aromatic heterocycles. The molecule has 0 saturated carbocycles. The van der Waals surface area contributed by atoms with Gasteiger partial charge in [-0.3, -0.25) is 4.79 Å². The molecular formula is C19H14F3NO3. The standard InChI is InChI=1S/C19H14F3NO3/c1-10-16(11(2)26-23-10)17-13(12-6-4-3-5-7-12)8-15(19(20,21)22)18(25)14(17)9-24/h3-9,25H,1-2H3. The van der Waals surface area contributed by atoms with Crippen LogP contribution in [0.2, 0.25) is 0 Å². The molecule has 1 heterocycles. The number of phenols is 1. The van der Waals surface area contributed by atoms with E-state index in [4.69, 9.17) is 4.52 Å². The van der Waals surface area contributed by atoms with E-state index in [1.165, 1.54) is 0 Å². The Morgan fingerprint density at radius 2 is 1.77 bits per heavy atom. The van der Waals surface area contributed by atoms with Crippen molar-refractivity contribution in [2.45, 2.75) is 20.0 Å². The van der Waals surface area contributed by atoms with Gasteiger partial charge in [-0.15, -0.1) is 0 Å². The average Bonchev–Trinajstić information content (AvgIpc) is 2.92. The number of phenolic OH excluding ortho intramolecular Hbond substituents is 1. The summed E-state index contributed by atoms with van der Waals surface area (Å²) in [6, 6.07) is 9.18. The van der Waals surface area contributed by atoms with E-state index < -0.39 is 23.1 Å². The molecule has 0 spiro atoms. The van der Waals surface area contributed by atoms with Gasteiger partial charge in [0.15, 0.2) is 6.29 Å². The van der Waals surface area contributed by atoms with Gasteiger partial charge in [-0.05, 0) is 31.0 Å². The van der Waals surface area contributed by atoms with Crippen molar-refractivity contribution < 1.29 is 27.6 Å². The maximum absolute atomic E-state index is 13.4. The maximum atomic E-state index is 13.4. The van der Waals surface area contributed by atoms with Gasteiger partial charge in [0.1, 0.15) is 11.5 Å². The molecule has 0 radical (unpaired) electrons. The topological polar surface area (TPSA) is 63.3 Å². The van der Waals surface area contributed by atoms with Gasteiger partial charge in [-0.1, -0.05) is 35.5 Å². The van der Waals surface area contributed by atoms with Crippen LogP contribution in [0, 0.1) is 13.8 Å². The maximum Gasteiger partial charge on any atom is 0.420 e. The molecule has 4 nitrogen and oxygen atoms in total. The first-order valence-electron chi connectivity index (χ1n) is 7.66. The predicted molar refractivity (Wildman–Crippen MR) is 88.9 cm³/mol. The molecule has 0 bridgehead atoms. The molecule has 0 aliphatic heterocycles. The highest BCUT2D eigenvalue weighted by Crippen LogP contribution is 2.47. The Labute approximate surface area is 146 Å². The van der Waals surface area contributed by atoms with Gasteiger partial charge in [0.05, 0.1) is 16.8 Å². The fraction of sp³-hybridized carbons (Fsp3) is 0.158. The van der Waals surface area contributed by atoms with Gasteiger partial charge in [0.25, 0.3) is 0 Å². The van der Waals surface area contributed by atoms with Crippen LogP contribution in [0.3, 0.4) is 0 Å². The van der Waals surface area contributed by atoms with Crippen LogP contribution >= 0.6 is 0 Å². The molecule has 0 aliphatic carbocycles. The second-order valence-electron chi connectivity index (χ2n) is 5.79. The third-order valence-corrected chi connectivity index (χ3v) is 4.13. The number of carbonyl (C=O) groups excluding carboxylic acids is 1. The molecule has 26 heavy (non-hydrogen) atoms. The lowest BCUT2D eigenvalue weighted by Crippen LogP contribution is -2.09. The first-order valence-corrected chi connectivity index (χ1v) is 7.66. The minimum Gasteiger partial charge on any atom is -0.507 e. The van der Waals surface area contributed by atoms with E-state index in [1.54, 1.807) is 44.2 Å². The fourth-order valence-corrected chi connectivity index (χ4v) is 2.98. The minimum absolute atomic E-state index is 0.159. The third-order valence-electron chi connectivity index (χ3n) is 4.13. The Morgan fingerprint density at radius 1 is 1.12 bits per heavy atom. The molecule has 0 unspecified atom stereocenters. The summed E-state index contributed by atoms with van der Waals surface area (Å²) in [7, 11) is 0. The lowest BCUT2D eigenvalue weighted by atomic mass is 9.87. The number of aldehydes is 1. The molecule has 134 valence electrons. The van der Waals surface area contributed by atoms with Crippen LogP contribution in [0.5, 0.6) is 5.75 Å². The Hall–Kier alpha value is -3.09. The first kappa shape index (κ1) is 17.7. The minimum atomic E-state index is -4.82. The average molecular weight is 361 g/mol. The smallest absolute Gasteiger partial charge is 0.420 e. The molecule has 3 rings (SSSR count). The van der Waals surface area contributed by atoms with Crippen LogP contribution in [0.25, 0.3) is 22.3 Å². The summed E-state index contributed by atoms with van der Waals surface area (Å²) in [5.74, 6) is -0.774. The summed E-state index contributed by atoms with van der Waals surface area (Å²) in [6.45, 7) is 3.21. The van der Waals surface area contributed by atoms with Gasteiger partial charge < -0.3 is 9.63 Å². The Balaban J connectivity index is 2.50. The quantitative estimate of drug-likeness (QED) is 0.654. The van der Waals surface area contributed by atoms with E-state index in [0.717, 1.165) is 6.07 Å². The second-order valence-corrected chi connectivity index (χ2v) is 5.79. The lowest BCUT2D eigenvalue weighted by Gasteiger charge is -2.18. The van der Waals surface area contributed by atoms with Gasteiger partial charge in [0, 0.05) is 11.1 Å². The van der Waals surface area contributed by atoms with Crippen LogP contribution in [0.4, 0.5) is 13.2 Å². The van der Waals surface area contributed by atoms with Crippen molar-refractivity contribution in [3.05, 3.63) is 59.0 Å². The number of carbonyl (C=O) groups is 1. The number of alkyl halides is 3. The molecule has 0 atom stereocenters. The van der Waals surface area contributed by atoms with Gasteiger partial charge >= 0.3 is 6.18 Å². The zero-order valence-electron chi connectivity index (χ0n) is 13.9. The Bertz CT molecular complexity index is 956. The summed E-state index contributed by atoms with van der Waals surface area (Å²) in [6.07, 6.45) is -4.60. The van der Waals surface area contributed by atoms with E-state index in [-0.39, 0.29) is 17.4 Å². The number of hydrogen-bond acceptors (Lipinski definition) is 4. The normalized spacial score (nSPS) is 11.6. The van der Waals surface area contributed by atoms with Gasteiger partial charge in [0.2, 0.25) is 0 Å². The number of nitrogens with zero attached hydrogens (tertiary/aromatic N) is 1. The SMILES string of the molecule is Cc1noc(C)c1-c1c(-c2ccccc2)cc(C(F)(F)F)c(O)c1C=O. The predicted octanol–water partition coefficient (Wildman–Crippen LogP) is 5.16. The molecule has 2 aromatic carbocycles. The van der Waals surface area contributed by atoms with E-state index in [9.17, 15) is 23.1 Å². The van der Waals surface area contributed by atoms with Gasteiger partial charge in [-0.25, -0.2) is 0 Å². The fourth-order valence-electron chi connectivity index (χ4n) is 2.98. The summed E-state index contributed by atoms with van der Waals surface area (Å²) < 4.78 is 45.3. The number of rotatable bonds is 3. The van der Waals surface area contributed by atoms with Crippen molar-refractivity contribution in [3.63, 3.8) is 0 Å². The van der Waals surface area contributed by atoms with E-state index in [0.29, 0.717) is 22.6 Å². The number of aromatic hydroxyl groups is 1. The third kappa shape index (κ3) is 2.85. The van der Waals surface area contributed by atoms with Crippen molar-refractivity contribution >= 4 is 6.29 Å². The molecule has 0 amide bonds. The van der Waals surface area contributed by atoms with Crippen molar-refractivity contribution in [3.8, 4) is 28.0 Å². The van der Waals surface area contributed by atoms with Gasteiger partial charge in [-0.2, -0.15) is 13.2 Å². The first-order chi connectivity index (χ1) is 12.3.